The summed E-state index contributed by atoms with van der Waals surface area (Å²) < 4.78 is 5.26. The van der Waals surface area contributed by atoms with Crippen molar-refractivity contribution in [3.63, 3.8) is 0 Å². The number of rotatable bonds is 10. The third-order valence-electron chi connectivity index (χ3n) is 27.7. The Morgan fingerprint density at radius 2 is 0.556 bits per heavy atom. The number of hydrogen-bond acceptors (Lipinski definition) is 4. The number of hydrogen-bond donors (Lipinski definition) is 0. The molecule has 0 atom stereocenters. The maximum absolute atomic E-state index is 2.57. The van der Waals surface area contributed by atoms with Crippen LogP contribution in [0.2, 0.25) is 0 Å². The van der Waals surface area contributed by atoms with Crippen LogP contribution in [0.5, 0.6) is 0 Å². The van der Waals surface area contributed by atoms with Crippen LogP contribution in [-0.2, 0) is 10.8 Å². The van der Waals surface area contributed by atoms with E-state index in [1.807, 2.05) is 22.7 Å². The summed E-state index contributed by atoms with van der Waals surface area (Å²) in [7, 11) is 0. The van der Waals surface area contributed by atoms with Gasteiger partial charge in [-0.25, -0.2) is 0 Å². The molecule has 4 heteroatoms. The Morgan fingerprint density at radius 3 is 1.05 bits per heavy atom. The molecule has 108 heavy (non-hydrogen) atoms. The molecular formula is C104H82N2S2. The fourth-order valence-electron chi connectivity index (χ4n) is 24.0. The van der Waals surface area contributed by atoms with E-state index in [9.17, 15) is 0 Å². The number of benzene rings is 14. The molecule has 26 rings (SSSR count). The molecule has 0 N–H and O–H groups in total. The quantitative estimate of drug-likeness (QED) is 0.135. The topological polar surface area (TPSA) is 6.48 Å². The van der Waals surface area contributed by atoms with Gasteiger partial charge < -0.3 is 9.80 Å². The average Bonchev–Trinajstić information content (AvgIpc) is 1.45. The number of para-hydroxylation sites is 1. The van der Waals surface area contributed by atoms with Crippen molar-refractivity contribution in [1.29, 1.82) is 0 Å². The third-order valence-corrected chi connectivity index (χ3v) is 29.9. The summed E-state index contributed by atoms with van der Waals surface area (Å²) in [5, 5.41) is 5.24. The lowest BCUT2D eigenvalue weighted by Crippen LogP contribution is -2.55. The lowest BCUT2D eigenvalue weighted by Gasteiger charge is -2.61. The standard InChI is InChI=1S/2C52H41NS/c1-2-12-35(13-3-1)36-14-10-15-40(31-36)53(48-21-11-23-50-51(48)43-18-6-9-22-49(43)54-50)47-20-8-5-16-41(47)37-24-25-46-44(32-37)42-17-4-7-19-45(42)52(46)38-27-33-26-34(29-38)30-39(52)28-33;1-2-11-35(12-3-1)36-13-8-15-41(30-36)53(48-20-10-22-50-51(48)44-18-5-7-21-49(44)54-50)42-16-9-14-37(31-42)38-23-24-47-45(32-38)43-17-4-6-19-46(43)52(47)39-26-33-25-34(28-39)29-40(52)27-33/h1-25,31-34,38-39H,26-30H2;1-24,30-34,39-40H,25-29H2. The number of anilines is 6. The molecule has 0 unspecified atom stereocenters. The monoisotopic (exact) mass is 1420 g/mol. The molecule has 2 heterocycles. The van der Waals surface area contributed by atoms with E-state index in [0.29, 0.717) is 0 Å². The van der Waals surface area contributed by atoms with Gasteiger partial charge in [0.15, 0.2) is 0 Å². The Bertz CT molecular complexity index is 6210. The summed E-state index contributed by atoms with van der Waals surface area (Å²) in [6.07, 6.45) is 14.3. The van der Waals surface area contributed by atoms with Gasteiger partial charge in [-0.05, 0) is 286 Å². The zero-order chi connectivity index (χ0) is 70.8. The van der Waals surface area contributed by atoms with E-state index in [2.05, 4.69) is 337 Å². The minimum atomic E-state index is 0.178. The van der Waals surface area contributed by atoms with E-state index in [1.54, 1.807) is 22.3 Å². The first kappa shape index (κ1) is 63.2. The normalized spacial score (nSPS) is 23.3. The first-order chi connectivity index (χ1) is 53.5. The summed E-state index contributed by atoms with van der Waals surface area (Å²) in [6.45, 7) is 0. The first-order valence-corrected chi connectivity index (χ1v) is 41.5. The average molecular weight is 1420 g/mol. The highest BCUT2D eigenvalue weighted by molar-refractivity contribution is 7.26. The molecule has 0 saturated heterocycles. The zero-order valence-corrected chi connectivity index (χ0v) is 62.2. The van der Waals surface area contributed by atoms with Crippen molar-refractivity contribution in [1.82, 2.24) is 0 Å². The van der Waals surface area contributed by atoms with Crippen LogP contribution in [0, 0.1) is 47.3 Å². The molecule has 2 aromatic heterocycles. The molecule has 8 bridgehead atoms. The Balaban J connectivity index is 0.000000130. The van der Waals surface area contributed by atoms with Crippen LogP contribution in [0.4, 0.5) is 34.1 Å². The Labute approximate surface area is 641 Å². The lowest BCUT2D eigenvalue weighted by atomic mass is 9.43. The smallest absolute Gasteiger partial charge is 0.0555 e. The van der Waals surface area contributed by atoms with E-state index < -0.39 is 0 Å². The molecule has 520 valence electrons. The molecule has 0 radical (unpaired) electrons. The van der Waals surface area contributed by atoms with Crippen molar-refractivity contribution in [2.75, 3.05) is 9.80 Å². The Morgan fingerprint density at radius 1 is 0.222 bits per heavy atom. The molecule has 8 fully saturated rings. The minimum absolute atomic E-state index is 0.178. The molecular weight excluding hydrogens is 1340 g/mol. The van der Waals surface area contributed by atoms with E-state index >= 15 is 0 Å². The van der Waals surface area contributed by atoms with Crippen molar-refractivity contribution in [3.05, 3.63) is 350 Å². The molecule has 2 nitrogen and oxygen atoms in total. The number of fused-ring (bicyclic) bond motifs is 12. The van der Waals surface area contributed by atoms with Crippen molar-refractivity contribution < 1.29 is 0 Å². The van der Waals surface area contributed by atoms with Crippen LogP contribution in [0.1, 0.15) is 86.5 Å². The maximum atomic E-state index is 2.57. The maximum Gasteiger partial charge on any atom is 0.0555 e. The highest BCUT2D eigenvalue weighted by atomic mass is 32.1. The van der Waals surface area contributed by atoms with Gasteiger partial charge in [0, 0.05) is 73.8 Å². The van der Waals surface area contributed by atoms with E-state index in [0.717, 1.165) is 58.7 Å². The molecule has 2 spiro atoms. The molecule has 0 amide bonds. The van der Waals surface area contributed by atoms with Gasteiger partial charge in [0.2, 0.25) is 0 Å². The predicted octanol–water partition coefficient (Wildman–Crippen LogP) is 29.2. The van der Waals surface area contributed by atoms with Crippen LogP contribution in [0.25, 0.3) is 107 Å². The molecule has 10 aliphatic rings. The van der Waals surface area contributed by atoms with Crippen LogP contribution >= 0.6 is 22.7 Å². The second kappa shape index (κ2) is 24.8. The molecule has 8 saturated carbocycles. The van der Waals surface area contributed by atoms with Crippen LogP contribution in [0.15, 0.2) is 328 Å². The van der Waals surface area contributed by atoms with Gasteiger partial charge in [-0.15, -0.1) is 22.7 Å². The van der Waals surface area contributed by atoms with E-state index in [1.165, 1.54) is 194 Å². The fourth-order valence-corrected chi connectivity index (χ4v) is 26.3. The molecule has 0 aliphatic heterocycles. The van der Waals surface area contributed by atoms with Gasteiger partial charge in [0.05, 0.1) is 17.1 Å². The van der Waals surface area contributed by atoms with Crippen molar-refractivity contribution in [3.8, 4) is 66.8 Å². The second-order valence-electron chi connectivity index (χ2n) is 33.0. The third kappa shape index (κ3) is 9.61. The molecule has 10 aliphatic carbocycles. The fraction of sp³-hybridized carbons (Fsp3) is 0.192. The van der Waals surface area contributed by atoms with Gasteiger partial charge in [-0.3, -0.25) is 0 Å². The van der Waals surface area contributed by atoms with Gasteiger partial charge in [0.1, 0.15) is 0 Å². The zero-order valence-electron chi connectivity index (χ0n) is 60.6. The van der Waals surface area contributed by atoms with Crippen molar-refractivity contribution in [2.45, 2.75) is 75.0 Å². The Kier molecular flexibility index (Phi) is 14.5. The highest BCUT2D eigenvalue weighted by Gasteiger charge is 2.63. The van der Waals surface area contributed by atoms with Gasteiger partial charge in [-0.2, -0.15) is 0 Å². The number of nitrogens with zero attached hydrogens (tertiary/aromatic N) is 2. The van der Waals surface area contributed by atoms with Gasteiger partial charge in [-0.1, -0.05) is 237 Å². The minimum Gasteiger partial charge on any atom is -0.310 e. The van der Waals surface area contributed by atoms with Crippen molar-refractivity contribution in [2.24, 2.45) is 47.3 Å². The number of thiophene rings is 2. The van der Waals surface area contributed by atoms with E-state index in [-0.39, 0.29) is 10.8 Å². The van der Waals surface area contributed by atoms with Crippen LogP contribution in [0.3, 0.4) is 0 Å². The second-order valence-corrected chi connectivity index (χ2v) is 35.2. The largest absolute Gasteiger partial charge is 0.310 e. The van der Waals surface area contributed by atoms with Gasteiger partial charge in [0.25, 0.3) is 0 Å². The van der Waals surface area contributed by atoms with Crippen LogP contribution in [-0.4, -0.2) is 0 Å². The van der Waals surface area contributed by atoms with E-state index in [4.69, 9.17) is 0 Å². The lowest BCUT2D eigenvalue weighted by molar-refractivity contribution is -0.0399. The summed E-state index contributed by atoms with van der Waals surface area (Å²) in [6, 6.07) is 124. The van der Waals surface area contributed by atoms with Gasteiger partial charge >= 0.3 is 0 Å². The SMILES string of the molecule is c1ccc(-c2cccc(N(c3cccc(-c4ccc5c(c4)-c4ccccc4C54C5CC6CC(C5)CC4C6)c3)c3cccc4sc5ccccc5c34)c2)cc1.c1ccc(-c2cccc(N(c3ccccc3-c3ccc4c(c3)-c3ccccc3C43C4CC5CC(C4)CC3C5)c3cccc4sc5ccccc5c34)c2)cc1. The molecule has 16 aromatic rings. The summed E-state index contributed by atoms with van der Waals surface area (Å²) in [5.41, 5.74) is 29.8. The predicted molar refractivity (Wildman–Crippen MR) is 456 cm³/mol. The highest BCUT2D eigenvalue weighted by Crippen LogP contribution is 2.72. The Hall–Kier alpha value is -10.9. The summed E-state index contributed by atoms with van der Waals surface area (Å²) in [5.74, 6) is 6.87. The summed E-state index contributed by atoms with van der Waals surface area (Å²) >= 11 is 3.77. The molecule has 14 aromatic carbocycles. The first-order valence-electron chi connectivity index (χ1n) is 39.9. The van der Waals surface area contributed by atoms with Crippen molar-refractivity contribution >= 4 is 97.1 Å². The van der Waals surface area contributed by atoms with Crippen LogP contribution < -0.4 is 9.80 Å². The summed E-state index contributed by atoms with van der Waals surface area (Å²) in [4.78, 5) is 5.02.